The first-order chi connectivity index (χ1) is 14.0. The van der Waals surface area contributed by atoms with Gasteiger partial charge in [-0.25, -0.2) is 0 Å². The van der Waals surface area contributed by atoms with E-state index < -0.39 is 11.8 Å². The van der Waals surface area contributed by atoms with Gasteiger partial charge >= 0.3 is 0 Å². The van der Waals surface area contributed by atoms with Gasteiger partial charge in [0.05, 0.1) is 10.4 Å². The van der Waals surface area contributed by atoms with E-state index in [1.54, 1.807) is 18.2 Å². The number of amides is 2. The van der Waals surface area contributed by atoms with E-state index in [0.29, 0.717) is 15.2 Å². The number of hydrogen-bond acceptors (Lipinski definition) is 3. The van der Waals surface area contributed by atoms with E-state index in [9.17, 15) is 9.59 Å². The highest BCUT2D eigenvalue weighted by Gasteiger charge is 2.23. The molecule has 3 aromatic carbocycles. The first-order valence-electron chi connectivity index (χ1n) is 8.81. The predicted molar refractivity (Wildman–Crippen MR) is 116 cm³/mol. The van der Waals surface area contributed by atoms with E-state index in [-0.39, 0.29) is 12.5 Å². The maximum Gasteiger partial charge on any atom is 0.276 e. The monoisotopic (exact) mass is 472 g/mol. The van der Waals surface area contributed by atoms with Crippen molar-refractivity contribution in [3.63, 3.8) is 0 Å². The van der Waals surface area contributed by atoms with Crippen LogP contribution >= 0.6 is 27.5 Å². The van der Waals surface area contributed by atoms with Crippen LogP contribution in [0.25, 0.3) is 0 Å². The topological polar surface area (TPSA) is 67.4 Å². The van der Waals surface area contributed by atoms with Gasteiger partial charge < -0.3 is 4.74 Å². The summed E-state index contributed by atoms with van der Waals surface area (Å²) in [4.78, 5) is 24.9. The van der Waals surface area contributed by atoms with E-state index in [2.05, 4.69) is 26.8 Å². The second kappa shape index (κ2) is 10.1. The number of benzene rings is 3. The van der Waals surface area contributed by atoms with Crippen molar-refractivity contribution in [2.75, 3.05) is 6.61 Å². The number of carbonyl (C=O) groups is 2. The van der Waals surface area contributed by atoms with Crippen molar-refractivity contribution in [2.24, 2.45) is 0 Å². The third kappa shape index (κ3) is 5.82. The van der Waals surface area contributed by atoms with Crippen LogP contribution in [-0.4, -0.2) is 18.4 Å². The molecular formula is C22H18BrClN2O3. The zero-order chi connectivity index (χ0) is 20.6. The second-order valence-corrected chi connectivity index (χ2v) is 7.45. The van der Waals surface area contributed by atoms with E-state index in [4.69, 9.17) is 16.3 Å². The fraction of sp³-hybridized carbons (Fsp3) is 0.0909. The molecule has 2 amide bonds. The molecule has 0 unspecified atom stereocenters. The SMILES string of the molecule is O=C(COc1ccc(Cl)cc1Br)NNC(=O)C(c1ccccc1)c1ccccc1. The van der Waals surface area contributed by atoms with E-state index in [1.807, 2.05) is 60.7 Å². The molecule has 3 aromatic rings. The molecule has 7 heteroatoms. The van der Waals surface area contributed by atoms with Crippen molar-refractivity contribution in [3.05, 3.63) is 99.5 Å². The lowest BCUT2D eigenvalue weighted by atomic mass is 9.91. The zero-order valence-corrected chi connectivity index (χ0v) is 17.6. The normalized spacial score (nSPS) is 10.4. The highest BCUT2D eigenvalue weighted by Crippen LogP contribution is 2.28. The molecule has 0 saturated heterocycles. The van der Waals surface area contributed by atoms with Gasteiger partial charge in [0.1, 0.15) is 5.75 Å². The number of rotatable bonds is 6. The predicted octanol–water partition coefficient (Wildman–Crippen LogP) is 4.46. The van der Waals surface area contributed by atoms with Gasteiger partial charge in [-0.3, -0.25) is 20.4 Å². The Morgan fingerprint density at radius 1 is 0.897 bits per heavy atom. The van der Waals surface area contributed by atoms with Gasteiger partial charge in [-0.1, -0.05) is 72.3 Å². The van der Waals surface area contributed by atoms with Crippen molar-refractivity contribution in [3.8, 4) is 5.75 Å². The first kappa shape index (κ1) is 20.9. The molecule has 0 aliphatic carbocycles. The molecule has 0 bridgehead atoms. The number of ether oxygens (including phenoxy) is 1. The van der Waals surface area contributed by atoms with Crippen LogP contribution < -0.4 is 15.6 Å². The minimum Gasteiger partial charge on any atom is -0.483 e. The highest BCUT2D eigenvalue weighted by atomic mass is 79.9. The Hall–Kier alpha value is -2.83. The molecule has 29 heavy (non-hydrogen) atoms. The Morgan fingerprint density at radius 2 is 1.48 bits per heavy atom. The molecule has 0 radical (unpaired) electrons. The minimum absolute atomic E-state index is 0.262. The average Bonchev–Trinajstić information content (AvgIpc) is 2.73. The molecule has 5 nitrogen and oxygen atoms in total. The van der Waals surface area contributed by atoms with Gasteiger partial charge in [0.2, 0.25) is 5.91 Å². The van der Waals surface area contributed by atoms with Gasteiger partial charge in [0, 0.05) is 5.02 Å². The van der Waals surface area contributed by atoms with E-state index >= 15 is 0 Å². The van der Waals surface area contributed by atoms with Gasteiger partial charge in [-0.2, -0.15) is 0 Å². The number of hydrogen-bond donors (Lipinski definition) is 2. The molecule has 0 atom stereocenters. The number of carbonyl (C=O) groups excluding carboxylic acids is 2. The Labute approximate surface area is 182 Å². The van der Waals surface area contributed by atoms with Crippen LogP contribution in [-0.2, 0) is 9.59 Å². The van der Waals surface area contributed by atoms with Crippen LogP contribution in [0.4, 0.5) is 0 Å². The summed E-state index contributed by atoms with van der Waals surface area (Å²) in [6.07, 6.45) is 0. The van der Waals surface area contributed by atoms with Crippen molar-refractivity contribution in [1.82, 2.24) is 10.9 Å². The summed E-state index contributed by atoms with van der Waals surface area (Å²) in [5.41, 5.74) is 6.54. The van der Waals surface area contributed by atoms with Crippen LogP contribution in [0.2, 0.25) is 5.02 Å². The summed E-state index contributed by atoms with van der Waals surface area (Å²) in [5, 5.41) is 0.550. The second-order valence-electron chi connectivity index (χ2n) is 6.16. The summed E-state index contributed by atoms with van der Waals surface area (Å²) in [5.74, 6) is -0.908. The molecule has 0 fully saturated rings. The fourth-order valence-electron chi connectivity index (χ4n) is 2.76. The molecule has 148 valence electrons. The van der Waals surface area contributed by atoms with Crippen LogP contribution in [0.3, 0.4) is 0 Å². The first-order valence-corrected chi connectivity index (χ1v) is 9.98. The van der Waals surface area contributed by atoms with Gasteiger partial charge in [0.15, 0.2) is 6.61 Å². The zero-order valence-electron chi connectivity index (χ0n) is 15.3. The number of nitrogens with one attached hydrogen (secondary N) is 2. The molecule has 0 aliphatic heterocycles. The summed E-state index contributed by atoms with van der Waals surface area (Å²) >= 11 is 9.20. The lowest BCUT2D eigenvalue weighted by Gasteiger charge is -2.18. The van der Waals surface area contributed by atoms with Crippen molar-refractivity contribution in [1.29, 1.82) is 0 Å². The standard InChI is InChI=1S/C22H18BrClN2O3/c23-18-13-17(24)11-12-19(18)29-14-20(27)25-26-22(28)21(15-7-3-1-4-8-15)16-9-5-2-6-10-16/h1-13,21H,14H2,(H,25,27)(H,26,28). The number of halogens is 2. The summed E-state index contributed by atoms with van der Waals surface area (Å²) in [7, 11) is 0. The quantitative estimate of drug-likeness (QED) is 0.520. The Bertz CT molecular complexity index is 944. The third-order valence-electron chi connectivity index (χ3n) is 4.11. The van der Waals surface area contributed by atoms with Crippen LogP contribution in [0, 0.1) is 0 Å². The largest absolute Gasteiger partial charge is 0.483 e. The maximum absolute atomic E-state index is 12.8. The molecule has 0 spiro atoms. The van der Waals surface area contributed by atoms with Gasteiger partial charge in [-0.15, -0.1) is 0 Å². The van der Waals surface area contributed by atoms with Crippen LogP contribution in [0.1, 0.15) is 17.0 Å². The summed E-state index contributed by atoms with van der Waals surface area (Å²) < 4.78 is 6.08. The van der Waals surface area contributed by atoms with Gasteiger partial charge in [-0.05, 0) is 45.3 Å². The van der Waals surface area contributed by atoms with E-state index in [0.717, 1.165) is 11.1 Å². The molecule has 0 heterocycles. The highest BCUT2D eigenvalue weighted by molar-refractivity contribution is 9.10. The van der Waals surface area contributed by atoms with Crippen molar-refractivity contribution in [2.45, 2.75) is 5.92 Å². The van der Waals surface area contributed by atoms with Crippen molar-refractivity contribution >= 4 is 39.3 Å². The van der Waals surface area contributed by atoms with Crippen molar-refractivity contribution < 1.29 is 14.3 Å². The summed E-state index contributed by atoms with van der Waals surface area (Å²) in [6, 6.07) is 23.7. The lowest BCUT2D eigenvalue weighted by molar-refractivity contribution is -0.130. The smallest absolute Gasteiger partial charge is 0.276 e. The van der Waals surface area contributed by atoms with Gasteiger partial charge in [0.25, 0.3) is 5.91 Å². The fourth-order valence-corrected chi connectivity index (χ4v) is 3.56. The van der Waals surface area contributed by atoms with Crippen LogP contribution in [0.15, 0.2) is 83.3 Å². The Kier molecular flexibility index (Phi) is 7.27. The molecule has 3 rings (SSSR count). The Balaban J connectivity index is 1.62. The molecular weight excluding hydrogens is 456 g/mol. The van der Waals surface area contributed by atoms with E-state index in [1.165, 1.54) is 0 Å². The summed E-state index contributed by atoms with van der Waals surface area (Å²) in [6.45, 7) is -0.262. The number of hydrazine groups is 1. The average molecular weight is 474 g/mol. The third-order valence-corrected chi connectivity index (χ3v) is 4.96. The molecule has 0 saturated carbocycles. The Morgan fingerprint density at radius 3 is 2.03 bits per heavy atom. The molecule has 0 aliphatic rings. The minimum atomic E-state index is -0.552. The molecule has 2 N–H and O–H groups in total. The maximum atomic E-state index is 12.8. The van der Waals surface area contributed by atoms with Crippen LogP contribution in [0.5, 0.6) is 5.75 Å². The molecule has 0 aromatic heterocycles. The lowest BCUT2D eigenvalue weighted by Crippen LogP contribution is -2.46.